The van der Waals surface area contributed by atoms with E-state index in [1.165, 1.54) is 58.5 Å². The van der Waals surface area contributed by atoms with Gasteiger partial charge in [0.15, 0.2) is 0 Å². The fourth-order valence-electron chi connectivity index (χ4n) is 10.8. The number of carbonyl (C=O) groups is 2. The molecule has 0 radical (unpaired) electrons. The molecule has 5 heterocycles. The summed E-state index contributed by atoms with van der Waals surface area (Å²) in [5.41, 5.74) is 8.82. The molecule has 66 heavy (non-hydrogen) atoms. The molecule has 0 aromatic carbocycles. The number of hydrogen-bond acceptors (Lipinski definition) is 6. The van der Waals surface area contributed by atoms with Crippen LogP contribution in [-0.2, 0) is 19.1 Å². The number of nitrogens with zero attached hydrogens (tertiary/aromatic N) is 4. The summed E-state index contributed by atoms with van der Waals surface area (Å²) in [6.07, 6.45) is 19.0. The summed E-state index contributed by atoms with van der Waals surface area (Å²) >= 11 is 0. The molecule has 1 aliphatic carbocycles. The topological polar surface area (TPSA) is 149 Å². The van der Waals surface area contributed by atoms with Crippen LogP contribution in [0.3, 0.4) is 0 Å². The van der Waals surface area contributed by atoms with Gasteiger partial charge in [0.2, 0.25) is 0 Å². The Balaban J connectivity index is 0.00000817. The zero-order chi connectivity index (χ0) is 47.3. The molecule has 8 bridgehead atoms. The van der Waals surface area contributed by atoms with Crippen LogP contribution >= 0.6 is 0 Å². The van der Waals surface area contributed by atoms with Crippen LogP contribution in [0.4, 0.5) is 0 Å². The first kappa shape index (κ1) is 53.3. The van der Waals surface area contributed by atoms with E-state index in [0.29, 0.717) is 58.6 Å². The molecule has 358 valence electrons. The van der Waals surface area contributed by atoms with E-state index in [1.807, 2.05) is 32.1 Å². The smallest absolute Gasteiger partial charge is 0.664 e. The van der Waals surface area contributed by atoms with Crippen molar-refractivity contribution in [3.8, 4) is 0 Å². The Labute approximate surface area is 412 Å². The van der Waals surface area contributed by atoms with Gasteiger partial charge in [-0.1, -0.05) is 149 Å². The Morgan fingerprint density at radius 1 is 0.727 bits per heavy atom. The van der Waals surface area contributed by atoms with E-state index in [2.05, 4.69) is 55.4 Å². The summed E-state index contributed by atoms with van der Waals surface area (Å²) < 4.78 is 11.1. The number of esters is 2. The Morgan fingerprint density at radius 3 is 1.86 bits per heavy atom. The largest absolute Gasteiger partial charge is 2.00 e. The summed E-state index contributed by atoms with van der Waals surface area (Å²) in [5, 5.41) is 33.3. The van der Waals surface area contributed by atoms with Crippen molar-refractivity contribution in [1.29, 1.82) is 0 Å². The summed E-state index contributed by atoms with van der Waals surface area (Å²) in [6.45, 7) is 24.1. The van der Waals surface area contributed by atoms with Gasteiger partial charge in [-0.25, -0.2) is 4.79 Å². The predicted molar refractivity (Wildman–Crippen MR) is 269 cm³/mol. The molecule has 10 nitrogen and oxygen atoms in total. The first-order valence-electron chi connectivity index (χ1n) is 25.0. The Morgan fingerprint density at radius 2 is 1.27 bits per heavy atom. The van der Waals surface area contributed by atoms with Crippen LogP contribution in [0.5, 0.6) is 0 Å². The van der Waals surface area contributed by atoms with Crippen LogP contribution in [0, 0.1) is 61.2 Å². The molecule has 2 aromatic heterocycles. The van der Waals surface area contributed by atoms with Gasteiger partial charge in [-0.3, -0.25) is 4.79 Å². The maximum absolute atomic E-state index is 13.6. The molecule has 0 amide bonds. The van der Waals surface area contributed by atoms with E-state index in [-0.39, 0.29) is 70.4 Å². The molecular formula is C55H78MgN4O6-2. The van der Waals surface area contributed by atoms with Crippen molar-refractivity contribution in [2.24, 2.45) is 47.3 Å². The number of hydrogen-bond donors (Lipinski definition) is 2. The Hall–Kier alpha value is -3.67. The van der Waals surface area contributed by atoms with E-state index in [4.69, 9.17) is 30.1 Å². The van der Waals surface area contributed by atoms with Gasteiger partial charge in [-0.05, 0) is 92.1 Å². The molecule has 2 saturated heterocycles. The van der Waals surface area contributed by atoms with Crippen LogP contribution < -0.4 is 9.97 Å². The SMILES string of the molecule is CC[C@H]1/C2=C/c3[n-]c4c(c3C)C(O)=C(C(=O)OC)/C4=C3/[N-]/C(=C\c4[n-]c(c(C(C)O)c4C)/C=C(\[N-]2)[C@@H]1C)[C@@H](C)[C@@H]3CCC(=O)OCCC(C)CCC[C@H](C)CCC[C@@H](C)CCCC(C)C.[Mg+2]. The van der Waals surface area contributed by atoms with Gasteiger partial charge >= 0.3 is 35.0 Å². The number of aromatic nitrogens is 2. The summed E-state index contributed by atoms with van der Waals surface area (Å²) in [5.74, 6) is 1.38. The van der Waals surface area contributed by atoms with E-state index in [1.54, 1.807) is 6.92 Å². The number of allylic oxidation sites excluding steroid dienone is 4. The number of fused-ring (bicyclic) bond motifs is 7. The van der Waals surface area contributed by atoms with Gasteiger partial charge < -0.3 is 40.3 Å². The van der Waals surface area contributed by atoms with E-state index >= 15 is 0 Å². The maximum atomic E-state index is 13.6. The van der Waals surface area contributed by atoms with E-state index in [0.717, 1.165) is 70.8 Å². The quantitative estimate of drug-likeness (QED) is 0.0928. The van der Waals surface area contributed by atoms with Crippen molar-refractivity contribution in [1.82, 2.24) is 9.97 Å². The molecule has 4 aliphatic rings. The number of rotatable bonds is 21. The van der Waals surface area contributed by atoms with Crippen molar-refractivity contribution in [3.05, 3.63) is 84.0 Å². The van der Waals surface area contributed by atoms with E-state index < -0.39 is 12.1 Å². The molecular weight excluding hydrogens is 837 g/mol. The fraction of sp³-hybridized carbons (Fsp3) is 0.636. The number of ether oxygens (including phenoxy) is 2. The molecule has 2 N–H and O–H groups in total. The molecule has 11 heteroatoms. The molecule has 6 rings (SSSR count). The van der Waals surface area contributed by atoms with Gasteiger partial charge in [-0.2, -0.15) is 17.1 Å². The summed E-state index contributed by atoms with van der Waals surface area (Å²) in [4.78, 5) is 37.3. The number of carbonyl (C=O) groups excluding carboxylic acids is 2. The third-order valence-electron chi connectivity index (χ3n) is 15.0. The van der Waals surface area contributed by atoms with Gasteiger partial charge in [0.05, 0.1) is 19.8 Å². The monoisotopic (exact) mass is 915 g/mol. The first-order valence-corrected chi connectivity index (χ1v) is 25.0. The second-order valence-electron chi connectivity index (χ2n) is 20.6. The van der Waals surface area contributed by atoms with Gasteiger partial charge in [-0.15, -0.1) is 28.5 Å². The van der Waals surface area contributed by atoms with Crippen LogP contribution in [-0.4, -0.2) is 58.9 Å². The van der Waals surface area contributed by atoms with Crippen LogP contribution in [0.15, 0.2) is 28.4 Å². The van der Waals surface area contributed by atoms with Crippen molar-refractivity contribution in [2.75, 3.05) is 13.7 Å². The van der Waals surface area contributed by atoms with Crippen LogP contribution in [0.1, 0.15) is 197 Å². The molecule has 3 aliphatic heterocycles. The fourth-order valence-corrected chi connectivity index (χ4v) is 10.8. The molecule has 0 saturated carbocycles. The standard InChI is InChI=1S/C55H79N4O6.Mg/c1-13-39-34(7)41-29-46-48(38(11)60)36(9)43(57-46)27-42-35(8)40(52(58-42)50-51(55(63)64-12)54(62)49-37(10)44(59-53(49)50)28-45(39)56-41)23-24-47(61)65-26-25-33(6)22-16-21-32(5)20-15-19-31(4)18-14-17-30(2)3;/h27-35,38-40,60H,13-26H2,1-12H3,(H2-,58,59,62,63);/q-3;+2/p-1/b41-29-,42-27-,45-28-;/t31-,32+,33?,34+,35-,38?,39+,40-;/m0./s1. The summed E-state index contributed by atoms with van der Waals surface area (Å²) in [6, 6.07) is 0. The minimum absolute atomic E-state index is 0. The average Bonchev–Trinajstić information content (AvgIpc) is 4.00. The molecule has 0 spiro atoms. The third-order valence-corrected chi connectivity index (χ3v) is 15.0. The van der Waals surface area contributed by atoms with Gasteiger partial charge in [0.25, 0.3) is 0 Å². The van der Waals surface area contributed by atoms with Crippen molar-refractivity contribution >= 4 is 64.6 Å². The van der Waals surface area contributed by atoms with Crippen molar-refractivity contribution < 1.29 is 29.3 Å². The normalized spacial score (nSPS) is 25.2. The Bertz CT molecular complexity index is 2200. The maximum Gasteiger partial charge on any atom is 2.00 e. The summed E-state index contributed by atoms with van der Waals surface area (Å²) in [7, 11) is 1.30. The zero-order valence-corrected chi connectivity index (χ0v) is 43.8. The number of aliphatic hydroxyl groups excluding tert-OH is 2. The molecule has 2 unspecified atom stereocenters. The average molecular weight is 916 g/mol. The predicted octanol–water partition coefficient (Wildman–Crippen LogP) is 13.3. The van der Waals surface area contributed by atoms with Gasteiger partial charge in [0.1, 0.15) is 11.3 Å². The molecule has 8 atom stereocenters. The Kier molecular flexibility index (Phi) is 19.0. The van der Waals surface area contributed by atoms with Gasteiger partial charge in [0, 0.05) is 12.0 Å². The van der Waals surface area contributed by atoms with Crippen molar-refractivity contribution in [3.63, 3.8) is 0 Å². The number of aliphatic hydroxyl groups is 2. The molecule has 2 fully saturated rings. The second kappa shape index (κ2) is 23.6. The molecule has 2 aromatic rings. The van der Waals surface area contributed by atoms with Crippen LogP contribution in [0.25, 0.3) is 40.2 Å². The van der Waals surface area contributed by atoms with Crippen molar-refractivity contribution in [2.45, 2.75) is 166 Å². The minimum atomic E-state index is -0.766. The van der Waals surface area contributed by atoms with Crippen LogP contribution in [0.2, 0.25) is 0 Å². The minimum Gasteiger partial charge on any atom is -0.664 e. The van der Waals surface area contributed by atoms with E-state index in [9.17, 15) is 19.8 Å². The zero-order valence-electron chi connectivity index (χ0n) is 42.4. The first-order chi connectivity index (χ1) is 30.9. The number of methoxy groups -OCH3 is 1. The second-order valence-corrected chi connectivity index (χ2v) is 20.6. The third kappa shape index (κ3) is 11.9.